The lowest BCUT2D eigenvalue weighted by atomic mass is 10.2. The highest BCUT2D eigenvalue weighted by Crippen LogP contribution is 2.19. The quantitative estimate of drug-likeness (QED) is 0.899. The van der Waals surface area contributed by atoms with Crippen molar-refractivity contribution in [2.24, 2.45) is 0 Å². The Kier molecular flexibility index (Phi) is 4.10. The molecular formula is C15H24N4. The van der Waals surface area contributed by atoms with Gasteiger partial charge in [-0.15, -0.1) is 0 Å². The van der Waals surface area contributed by atoms with Crippen molar-refractivity contribution in [3.05, 3.63) is 23.8 Å². The molecule has 0 saturated carbocycles. The topological polar surface area (TPSA) is 47.1 Å². The molecule has 0 aliphatic rings. The third-order valence-corrected chi connectivity index (χ3v) is 3.95. The number of benzene rings is 1. The van der Waals surface area contributed by atoms with Crippen LogP contribution in [0.15, 0.2) is 18.2 Å². The summed E-state index contributed by atoms with van der Waals surface area (Å²) in [6.07, 6.45) is 1.16. The van der Waals surface area contributed by atoms with Gasteiger partial charge in [-0.2, -0.15) is 0 Å². The van der Waals surface area contributed by atoms with Crippen LogP contribution in [0.5, 0.6) is 0 Å². The highest BCUT2D eigenvalue weighted by Gasteiger charge is 2.11. The van der Waals surface area contributed by atoms with E-state index in [4.69, 9.17) is 5.73 Å². The Hall–Kier alpha value is -1.55. The molecule has 4 nitrogen and oxygen atoms in total. The molecule has 0 bridgehead atoms. The van der Waals surface area contributed by atoms with E-state index in [9.17, 15) is 0 Å². The van der Waals surface area contributed by atoms with Gasteiger partial charge in [0.05, 0.1) is 11.0 Å². The summed E-state index contributed by atoms with van der Waals surface area (Å²) in [6, 6.07) is 6.90. The standard InChI is InChI=1S/C15H24N4/c1-5-12(3)18(4)8-9-19-14-7-6-11(2)10-13(14)17-15(19)16/h6-7,10,12H,5,8-9H2,1-4H3,(H2,16,17). The van der Waals surface area contributed by atoms with Crippen molar-refractivity contribution in [3.63, 3.8) is 0 Å². The van der Waals surface area contributed by atoms with Gasteiger partial charge in [-0.05, 0) is 45.0 Å². The monoisotopic (exact) mass is 260 g/mol. The summed E-state index contributed by atoms with van der Waals surface area (Å²) >= 11 is 0. The number of nitrogens with two attached hydrogens (primary N) is 1. The minimum Gasteiger partial charge on any atom is -0.369 e. The number of rotatable bonds is 5. The number of imidazole rings is 1. The van der Waals surface area contributed by atoms with Crippen molar-refractivity contribution in [2.45, 2.75) is 39.8 Å². The first-order valence-electron chi connectivity index (χ1n) is 6.95. The highest BCUT2D eigenvalue weighted by atomic mass is 15.2. The fourth-order valence-electron chi connectivity index (χ4n) is 2.28. The summed E-state index contributed by atoms with van der Waals surface area (Å²) in [4.78, 5) is 6.80. The Morgan fingerprint density at radius 3 is 2.84 bits per heavy atom. The lowest BCUT2D eigenvalue weighted by Crippen LogP contribution is -2.31. The number of aromatic nitrogens is 2. The van der Waals surface area contributed by atoms with Crippen LogP contribution in [0, 0.1) is 6.92 Å². The van der Waals surface area contributed by atoms with Crippen LogP contribution in [-0.2, 0) is 6.54 Å². The third-order valence-electron chi connectivity index (χ3n) is 3.95. The van der Waals surface area contributed by atoms with Crippen LogP contribution < -0.4 is 5.73 Å². The molecule has 0 fully saturated rings. The Bertz CT molecular complexity index is 559. The summed E-state index contributed by atoms with van der Waals surface area (Å²) < 4.78 is 2.10. The first kappa shape index (κ1) is 13.9. The number of anilines is 1. The molecule has 2 N–H and O–H groups in total. The Morgan fingerprint density at radius 1 is 1.42 bits per heavy atom. The second-order valence-corrected chi connectivity index (χ2v) is 5.35. The molecule has 2 aromatic rings. The molecule has 1 heterocycles. The van der Waals surface area contributed by atoms with E-state index in [2.05, 4.69) is 60.5 Å². The lowest BCUT2D eigenvalue weighted by Gasteiger charge is -2.23. The SMILES string of the molecule is CCC(C)N(C)CCn1c(N)nc2cc(C)ccc21. The lowest BCUT2D eigenvalue weighted by molar-refractivity contribution is 0.244. The van der Waals surface area contributed by atoms with Crippen LogP contribution >= 0.6 is 0 Å². The maximum Gasteiger partial charge on any atom is 0.201 e. The van der Waals surface area contributed by atoms with E-state index in [1.165, 1.54) is 5.56 Å². The van der Waals surface area contributed by atoms with E-state index in [-0.39, 0.29) is 0 Å². The van der Waals surface area contributed by atoms with Gasteiger partial charge in [0, 0.05) is 19.1 Å². The number of hydrogen-bond acceptors (Lipinski definition) is 3. The number of hydrogen-bond donors (Lipinski definition) is 1. The van der Waals surface area contributed by atoms with Crippen LogP contribution in [0.2, 0.25) is 0 Å². The van der Waals surface area contributed by atoms with Crippen LogP contribution in [0.1, 0.15) is 25.8 Å². The van der Waals surface area contributed by atoms with Gasteiger partial charge in [0.2, 0.25) is 5.95 Å². The third kappa shape index (κ3) is 2.89. The smallest absolute Gasteiger partial charge is 0.201 e. The summed E-state index contributed by atoms with van der Waals surface area (Å²) in [6.45, 7) is 8.40. The molecule has 0 spiro atoms. The second-order valence-electron chi connectivity index (χ2n) is 5.35. The average Bonchev–Trinajstić information content (AvgIpc) is 2.69. The Balaban J connectivity index is 2.19. The number of nitrogens with zero attached hydrogens (tertiary/aromatic N) is 3. The van der Waals surface area contributed by atoms with E-state index >= 15 is 0 Å². The molecule has 19 heavy (non-hydrogen) atoms. The van der Waals surface area contributed by atoms with Gasteiger partial charge in [-0.25, -0.2) is 4.98 Å². The van der Waals surface area contributed by atoms with Gasteiger partial charge in [0.15, 0.2) is 0 Å². The zero-order chi connectivity index (χ0) is 14.0. The van der Waals surface area contributed by atoms with E-state index < -0.39 is 0 Å². The number of fused-ring (bicyclic) bond motifs is 1. The molecule has 1 unspecified atom stereocenters. The maximum absolute atomic E-state index is 6.03. The van der Waals surface area contributed by atoms with Gasteiger partial charge in [0.1, 0.15) is 0 Å². The zero-order valence-corrected chi connectivity index (χ0v) is 12.3. The number of nitrogen functional groups attached to an aromatic ring is 1. The normalized spacial score (nSPS) is 13.3. The van der Waals surface area contributed by atoms with Gasteiger partial charge in [0.25, 0.3) is 0 Å². The maximum atomic E-state index is 6.03. The highest BCUT2D eigenvalue weighted by molar-refractivity contribution is 5.79. The Labute approximate surface area is 115 Å². The predicted octanol–water partition coefficient (Wildman–Crippen LogP) is 2.66. The molecule has 4 heteroatoms. The first-order valence-corrected chi connectivity index (χ1v) is 6.95. The molecule has 1 atom stereocenters. The molecule has 0 radical (unpaired) electrons. The average molecular weight is 260 g/mol. The van der Waals surface area contributed by atoms with Crippen molar-refractivity contribution in [1.82, 2.24) is 14.5 Å². The van der Waals surface area contributed by atoms with Crippen molar-refractivity contribution in [1.29, 1.82) is 0 Å². The molecule has 0 aliphatic heterocycles. The van der Waals surface area contributed by atoms with Crippen molar-refractivity contribution in [2.75, 3.05) is 19.3 Å². The minimum absolute atomic E-state index is 0.596. The van der Waals surface area contributed by atoms with Crippen LogP contribution in [-0.4, -0.2) is 34.1 Å². The van der Waals surface area contributed by atoms with Gasteiger partial charge in [-0.3, -0.25) is 0 Å². The predicted molar refractivity (Wildman–Crippen MR) is 81.3 cm³/mol. The van der Waals surface area contributed by atoms with E-state index in [0.29, 0.717) is 12.0 Å². The Morgan fingerprint density at radius 2 is 2.16 bits per heavy atom. The van der Waals surface area contributed by atoms with Crippen molar-refractivity contribution in [3.8, 4) is 0 Å². The second kappa shape index (κ2) is 5.61. The van der Waals surface area contributed by atoms with Gasteiger partial charge in [-0.1, -0.05) is 13.0 Å². The molecule has 0 aliphatic carbocycles. The van der Waals surface area contributed by atoms with E-state index in [1.54, 1.807) is 0 Å². The van der Waals surface area contributed by atoms with Gasteiger partial charge >= 0.3 is 0 Å². The van der Waals surface area contributed by atoms with E-state index in [0.717, 1.165) is 30.5 Å². The van der Waals surface area contributed by atoms with Crippen molar-refractivity contribution < 1.29 is 0 Å². The summed E-state index contributed by atoms with van der Waals surface area (Å²) in [5.41, 5.74) is 9.36. The molecule has 104 valence electrons. The first-order chi connectivity index (χ1) is 9.02. The number of aryl methyl sites for hydroxylation is 1. The fourth-order valence-corrected chi connectivity index (χ4v) is 2.28. The van der Waals surface area contributed by atoms with Crippen LogP contribution in [0.25, 0.3) is 11.0 Å². The van der Waals surface area contributed by atoms with E-state index in [1.807, 2.05) is 0 Å². The van der Waals surface area contributed by atoms with Crippen LogP contribution in [0.4, 0.5) is 5.95 Å². The summed E-state index contributed by atoms with van der Waals surface area (Å²) in [5, 5.41) is 0. The van der Waals surface area contributed by atoms with Gasteiger partial charge < -0.3 is 15.2 Å². The fraction of sp³-hybridized carbons (Fsp3) is 0.533. The number of likely N-dealkylation sites (N-methyl/N-ethyl adjacent to an activating group) is 1. The minimum atomic E-state index is 0.596. The molecule has 0 amide bonds. The molecule has 1 aromatic carbocycles. The molecular weight excluding hydrogens is 236 g/mol. The van der Waals surface area contributed by atoms with Crippen LogP contribution in [0.3, 0.4) is 0 Å². The molecule has 1 aromatic heterocycles. The molecule has 2 rings (SSSR count). The zero-order valence-electron chi connectivity index (χ0n) is 12.3. The molecule has 0 saturated heterocycles. The summed E-state index contributed by atoms with van der Waals surface area (Å²) in [7, 11) is 2.16. The largest absolute Gasteiger partial charge is 0.369 e. The summed E-state index contributed by atoms with van der Waals surface area (Å²) in [5.74, 6) is 0.609. The van der Waals surface area contributed by atoms with Crippen molar-refractivity contribution >= 4 is 17.0 Å².